The zero-order valence-corrected chi connectivity index (χ0v) is 13.5. The maximum atomic E-state index is 11.9. The lowest BCUT2D eigenvalue weighted by molar-refractivity contribution is -0.138. The van der Waals surface area contributed by atoms with Gasteiger partial charge < -0.3 is 15.7 Å². The van der Waals surface area contributed by atoms with Gasteiger partial charge in [0.05, 0.1) is 0 Å². The summed E-state index contributed by atoms with van der Waals surface area (Å²) in [4.78, 5) is 22.7. The molecule has 118 valence electrons. The van der Waals surface area contributed by atoms with Crippen LogP contribution in [0.3, 0.4) is 0 Å². The average Bonchev–Trinajstić information content (AvgIpc) is 2.34. The number of carboxylic acids is 1. The molecule has 0 rings (SSSR count). The van der Waals surface area contributed by atoms with E-state index in [2.05, 4.69) is 24.5 Å². The van der Waals surface area contributed by atoms with E-state index >= 15 is 0 Å². The van der Waals surface area contributed by atoms with Gasteiger partial charge in [-0.15, -0.1) is 0 Å². The van der Waals surface area contributed by atoms with Crippen LogP contribution in [0.4, 0.5) is 4.79 Å². The Morgan fingerprint density at radius 2 is 1.75 bits per heavy atom. The van der Waals surface area contributed by atoms with E-state index in [9.17, 15) is 9.59 Å². The standard InChI is InChI=1S/C15H30N2O3/c1-6-15(5,7-2)17-14(20)16-10-12(8-11(3)4)9-13(18)19/h11-12H,6-10H2,1-5H3,(H,18,19)(H2,16,17,20)/t12-/m0/s1. The van der Waals surface area contributed by atoms with Crippen LogP contribution < -0.4 is 10.6 Å². The highest BCUT2D eigenvalue weighted by atomic mass is 16.4. The predicted molar refractivity (Wildman–Crippen MR) is 80.7 cm³/mol. The molecule has 20 heavy (non-hydrogen) atoms. The van der Waals surface area contributed by atoms with Gasteiger partial charge >= 0.3 is 12.0 Å². The van der Waals surface area contributed by atoms with Gasteiger partial charge in [-0.3, -0.25) is 4.79 Å². The minimum absolute atomic E-state index is 0.0206. The zero-order valence-electron chi connectivity index (χ0n) is 13.5. The molecule has 0 aromatic carbocycles. The molecular formula is C15H30N2O3. The Bertz CT molecular complexity index is 312. The smallest absolute Gasteiger partial charge is 0.315 e. The van der Waals surface area contributed by atoms with E-state index in [0.717, 1.165) is 19.3 Å². The first kappa shape index (κ1) is 18.7. The first-order chi connectivity index (χ1) is 9.22. The van der Waals surface area contributed by atoms with Crippen molar-refractivity contribution < 1.29 is 14.7 Å². The van der Waals surface area contributed by atoms with Gasteiger partial charge in [0.1, 0.15) is 0 Å². The number of carbonyl (C=O) groups excluding carboxylic acids is 1. The molecule has 0 aliphatic rings. The Hall–Kier alpha value is -1.26. The Labute approximate surface area is 122 Å². The highest BCUT2D eigenvalue weighted by molar-refractivity contribution is 5.74. The van der Waals surface area contributed by atoms with E-state index in [1.807, 2.05) is 20.8 Å². The maximum Gasteiger partial charge on any atom is 0.315 e. The van der Waals surface area contributed by atoms with Crippen LogP contribution in [-0.4, -0.2) is 29.2 Å². The SMILES string of the molecule is CCC(C)(CC)NC(=O)NC[C@H](CC(=O)O)CC(C)C. The number of carbonyl (C=O) groups is 2. The van der Waals surface area contributed by atoms with Gasteiger partial charge in [0.2, 0.25) is 0 Å². The van der Waals surface area contributed by atoms with Crippen molar-refractivity contribution in [3.05, 3.63) is 0 Å². The average molecular weight is 286 g/mol. The zero-order chi connectivity index (χ0) is 15.8. The third-order valence-corrected chi connectivity index (χ3v) is 3.80. The van der Waals surface area contributed by atoms with Gasteiger partial charge in [-0.2, -0.15) is 0 Å². The molecule has 0 unspecified atom stereocenters. The van der Waals surface area contributed by atoms with Gasteiger partial charge in [-0.25, -0.2) is 4.79 Å². The lowest BCUT2D eigenvalue weighted by Gasteiger charge is -2.28. The summed E-state index contributed by atoms with van der Waals surface area (Å²) in [6.07, 6.45) is 2.62. The first-order valence-corrected chi connectivity index (χ1v) is 7.50. The number of rotatable bonds is 9. The summed E-state index contributed by atoms with van der Waals surface area (Å²) in [5.41, 5.74) is -0.204. The molecule has 5 nitrogen and oxygen atoms in total. The topological polar surface area (TPSA) is 78.4 Å². The number of hydrogen-bond acceptors (Lipinski definition) is 2. The number of amides is 2. The number of hydrogen-bond donors (Lipinski definition) is 3. The molecule has 0 fully saturated rings. The number of carboxylic acid groups (broad SMARTS) is 1. The summed E-state index contributed by atoms with van der Waals surface area (Å²) in [7, 11) is 0. The van der Waals surface area contributed by atoms with Crippen LogP contribution in [0.25, 0.3) is 0 Å². The van der Waals surface area contributed by atoms with Crippen LogP contribution in [0.15, 0.2) is 0 Å². The molecule has 0 bridgehead atoms. The van der Waals surface area contributed by atoms with Crippen LogP contribution >= 0.6 is 0 Å². The second-order valence-electron chi connectivity index (χ2n) is 6.20. The minimum atomic E-state index is -0.815. The molecule has 0 aliphatic heterocycles. The van der Waals surface area contributed by atoms with E-state index in [1.54, 1.807) is 0 Å². The molecule has 0 saturated carbocycles. The molecule has 1 atom stereocenters. The van der Waals surface area contributed by atoms with Crippen molar-refractivity contribution in [3.8, 4) is 0 Å². The number of aliphatic carboxylic acids is 1. The largest absolute Gasteiger partial charge is 0.481 e. The number of urea groups is 1. The quantitative estimate of drug-likeness (QED) is 0.609. The van der Waals surface area contributed by atoms with Crippen molar-refractivity contribution in [2.45, 2.75) is 65.8 Å². The molecular weight excluding hydrogens is 256 g/mol. The van der Waals surface area contributed by atoms with Crippen molar-refractivity contribution in [1.82, 2.24) is 10.6 Å². The Morgan fingerprint density at radius 3 is 2.15 bits per heavy atom. The molecule has 0 saturated heterocycles. The van der Waals surface area contributed by atoms with E-state index in [4.69, 9.17) is 5.11 Å². The lowest BCUT2D eigenvalue weighted by atomic mass is 9.94. The third-order valence-electron chi connectivity index (χ3n) is 3.80. The van der Waals surface area contributed by atoms with Crippen LogP contribution in [0.1, 0.15) is 60.3 Å². The van der Waals surface area contributed by atoms with Gasteiger partial charge in [0, 0.05) is 18.5 Å². The Balaban J connectivity index is 4.32. The fourth-order valence-electron chi connectivity index (χ4n) is 2.13. The fraction of sp³-hybridized carbons (Fsp3) is 0.867. The first-order valence-electron chi connectivity index (χ1n) is 7.50. The minimum Gasteiger partial charge on any atom is -0.481 e. The molecule has 5 heteroatoms. The maximum absolute atomic E-state index is 11.9. The van der Waals surface area contributed by atoms with E-state index in [-0.39, 0.29) is 23.9 Å². The van der Waals surface area contributed by atoms with E-state index < -0.39 is 5.97 Å². The summed E-state index contributed by atoms with van der Waals surface area (Å²) in [6.45, 7) is 10.6. The van der Waals surface area contributed by atoms with Crippen LogP contribution in [0.5, 0.6) is 0 Å². The molecule has 2 amide bonds. The molecule has 3 N–H and O–H groups in total. The number of nitrogens with one attached hydrogen (secondary N) is 2. The summed E-state index contributed by atoms with van der Waals surface area (Å²) in [6, 6.07) is -0.213. The highest BCUT2D eigenvalue weighted by Gasteiger charge is 2.22. The Kier molecular flexibility index (Phi) is 8.26. The normalized spacial score (nSPS) is 13.1. The molecule has 0 aromatic heterocycles. The van der Waals surface area contributed by atoms with Gasteiger partial charge in [-0.1, -0.05) is 27.7 Å². The van der Waals surface area contributed by atoms with Crippen molar-refractivity contribution in [3.63, 3.8) is 0 Å². The van der Waals surface area contributed by atoms with E-state index in [0.29, 0.717) is 12.5 Å². The third kappa shape index (κ3) is 8.02. The summed E-state index contributed by atoms with van der Waals surface area (Å²) < 4.78 is 0. The van der Waals surface area contributed by atoms with Gasteiger partial charge in [0.15, 0.2) is 0 Å². The molecule has 0 aliphatic carbocycles. The second kappa shape index (κ2) is 8.82. The van der Waals surface area contributed by atoms with Crippen LogP contribution in [0.2, 0.25) is 0 Å². The summed E-state index contributed by atoms with van der Waals surface area (Å²) >= 11 is 0. The molecule has 0 aromatic rings. The fourth-order valence-corrected chi connectivity index (χ4v) is 2.13. The molecule has 0 heterocycles. The van der Waals surface area contributed by atoms with Gasteiger partial charge in [-0.05, 0) is 38.0 Å². The second-order valence-corrected chi connectivity index (χ2v) is 6.20. The predicted octanol–water partition coefficient (Wildman–Crippen LogP) is 3.00. The van der Waals surface area contributed by atoms with Crippen molar-refractivity contribution in [2.24, 2.45) is 11.8 Å². The van der Waals surface area contributed by atoms with Crippen LogP contribution in [0, 0.1) is 11.8 Å². The summed E-state index contributed by atoms with van der Waals surface area (Å²) in [5.74, 6) is -0.418. The van der Waals surface area contributed by atoms with Gasteiger partial charge in [0.25, 0.3) is 0 Å². The molecule has 0 spiro atoms. The van der Waals surface area contributed by atoms with Crippen LogP contribution in [-0.2, 0) is 4.79 Å². The van der Waals surface area contributed by atoms with E-state index in [1.165, 1.54) is 0 Å². The molecule has 0 radical (unpaired) electrons. The monoisotopic (exact) mass is 286 g/mol. The van der Waals surface area contributed by atoms with Crippen molar-refractivity contribution in [1.29, 1.82) is 0 Å². The van der Waals surface area contributed by atoms with Crippen molar-refractivity contribution >= 4 is 12.0 Å². The Morgan fingerprint density at radius 1 is 1.20 bits per heavy atom. The lowest BCUT2D eigenvalue weighted by Crippen LogP contribution is -2.50. The summed E-state index contributed by atoms with van der Waals surface area (Å²) in [5, 5.41) is 14.7. The van der Waals surface area contributed by atoms with Crippen molar-refractivity contribution in [2.75, 3.05) is 6.54 Å². The highest BCUT2D eigenvalue weighted by Crippen LogP contribution is 2.15.